The second kappa shape index (κ2) is 9.75. The van der Waals surface area contributed by atoms with Crippen LogP contribution in [0, 0.1) is 0 Å². The number of allylic oxidation sites excluding steroid dienone is 1. The SMILES string of the molecule is COC(=O)CCN(CCC1=CCCCC1)C(=O)Nc1ccccc1. The molecule has 0 bridgehead atoms. The minimum absolute atomic E-state index is 0.179. The van der Waals surface area contributed by atoms with Crippen LogP contribution in [0.2, 0.25) is 0 Å². The van der Waals surface area contributed by atoms with Crippen LogP contribution in [-0.2, 0) is 9.53 Å². The molecule has 0 heterocycles. The summed E-state index contributed by atoms with van der Waals surface area (Å²) in [4.78, 5) is 25.6. The van der Waals surface area contributed by atoms with Crippen molar-refractivity contribution in [1.82, 2.24) is 4.90 Å². The number of nitrogens with one attached hydrogen (secondary N) is 1. The Labute approximate surface area is 143 Å². The maximum absolute atomic E-state index is 12.5. The summed E-state index contributed by atoms with van der Waals surface area (Å²) >= 11 is 0. The lowest BCUT2D eigenvalue weighted by Crippen LogP contribution is -2.37. The summed E-state index contributed by atoms with van der Waals surface area (Å²) in [6.07, 6.45) is 8.09. The first-order chi connectivity index (χ1) is 11.7. The Hall–Kier alpha value is -2.30. The molecule has 1 aliphatic rings. The number of urea groups is 1. The van der Waals surface area contributed by atoms with E-state index in [1.54, 1.807) is 4.90 Å². The van der Waals surface area contributed by atoms with Gasteiger partial charge in [0, 0.05) is 18.8 Å². The number of benzene rings is 1. The van der Waals surface area contributed by atoms with E-state index in [2.05, 4.69) is 16.1 Å². The van der Waals surface area contributed by atoms with E-state index in [1.165, 1.54) is 25.5 Å². The fourth-order valence-corrected chi connectivity index (χ4v) is 2.78. The van der Waals surface area contributed by atoms with Crippen LogP contribution >= 0.6 is 0 Å². The molecule has 0 fully saturated rings. The van der Waals surface area contributed by atoms with Crippen molar-refractivity contribution < 1.29 is 14.3 Å². The van der Waals surface area contributed by atoms with Crippen molar-refractivity contribution >= 4 is 17.7 Å². The highest BCUT2D eigenvalue weighted by molar-refractivity contribution is 5.89. The Kier molecular flexibility index (Phi) is 7.33. The highest BCUT2D eigenvalue weighted by Gasteiger charge is 2.16. The third kappa shape index (κ3) is 6.07. The minimum atomic E-state index is -0.301. The molecule has 1 N–H and O–H groups in total. The largest absolute Gasteiger partial charge is 0.469 e. The molecule has 130 valence electrons. The predicted octanol–water partition coefficient (Wildman–Crippen LogP) is 3.97. The number of esters is 1. The normalized spacial score (nSPS) is 13.8. The molecule has 24 heavy (non-hydrogen) atoms. The smallest absolute Gasteiger partial charge is 0.321 e. The number of ether oxygens (including phenoxy) is 1. The first-order valence-electron chi connectivity index (χ1n) is 8.54. The Morgan fingerprint density at radius 3 is 2.62 bits per heavy atom. The maximum Gasteiger partial charge on any atom is 0.321 e. The molecule has 0 aliphatic heterocycles. The predicted molar refractivity (Wildman–Crippen MR) is 94.8 cm³/mol. The summed E-state index contributed by atoms with van der Waals surface area (Å²) in [7, 11) is 1.36. The Morgan fingerprint density at radius 1 is 1.17 bits per heavy atom. The van der Waals surface area contributed by atoms with Gasteiger partial charge in [0.2, 0.25) is 0 Å². The third-order valence-corrected chi connectivity index (χ3v) is 4.21. The van der Waals surface area contributed by atoms with E-state index in [-0.39, 0.29) is 18.4 Å². The molecule has 0 atom stereocenters. The number of hydrogen-bond acceptors (Lipinski definition) is 3. The summed E-state index contributed by atoms with van der Waals surface area (Å²) < 4.78 is 4.68. The quantitative estimate of drug-likeness (QED) is 0.608. The molecule has 1 aromatic rings. The summed E-state index contributed by atoms with van der Waals surface area (Å²) in [5, 5.41) is 2.89. The lowest BCUT2D eigenvalue weighted by Gasteiger charge is -2.24. The van der Waals surface area contributed by atoms with Crippen molar-refractivity contribution in [2.45, 2.75) is 38.5 Å². The van der Waals surface area contributed by atoms with Gasteiger partial charge in [0.1, 0.15) is 0 Å². The number of para-hydroxylation sites is 1. The van der Waals surface area contributed by atoms with Gasteiger partial charge in [-0.25, -0.2) is 4.79 Å². The summed E-state index contributed by atoms with van der Waals surface area (Å²) in [6, 6.07) is 9.17. The zero-order chi connectivity index (χ0) is 17.2. The molecule has 1 aromatic carbocycles. The van der Waals surface area contributed by atoms with Gasteiger partial charge in [-0.3, -0.25) is 4.79 Å². The third-order valence-electron chi connectivity index (χ3n) is 4.21. The van der Waals surface area contributed by atoms with Crippen LogP contribution < -0.4 is 5.32 Å². The zero-order valence-electron chi connectivity index (χ0n) is 14.3. The van der Waals surface area contributed by atoms with Crippen molar-refractivity contribution in [3.63, 3.8) is 0 Å². The molecule has 0 unspecified atom stereocenters. The second-order valence-corrected chi connectivity index (χ2v) is 5.97. The lowest BCUT2D eigenvalue weighted by molar-refractivity contribution is -0.140. The van der Waals surface area contributed by atoms with Crippen molar-refractivity contribution in [3.05, 3.63) is 42.0 Å². The summed E-state index contributed by atoms with van der Waals surface area (Å²) in [6.45, 7) is 0.972. The van der Waals surface area contributed by atoms with Crippen LogP contribution in [0.5, 0.6) is 0 Å². The first kappa shape index (κ1) is 18.0. The molecule has 0 saturated carbocycles. The zero-order valence-corrected chi connectivity index (χ0v) is 14.3. The summed E-state index contributed by atoms with van der Waals surface area (Å²) in [5.74, 6) is -0.301. The highest BCUT2D eigenvalue weighted by Crippen LogP contribution is 2.20. The van der Waals surface area contributed by atoms with Crippen molar-refractivity contribution in [1.29, 1.82) is 0 Å². The molecule has 0 aromatic heterocycles. The molecule has 2 rings (SSSR count). The van der Waals surface area contributed by atoms with Crippen LogP contribution in [0.15, 0.2) is 42.0 Å². The molecule has 5 heteroatoms. The van der Waals surface area contributed by atoms with E-state index in [0.717, 1.165) is 24.9 Å². The van der Waals surface area contributed by atoms with Gasteiger partial charge in [0.05, 0.1) is 13.5 Å². The fourth-order valence-electron chi connectivity index (χ4n) is 2.78. The molecule has 0 spiro atoms. The van der Waals surface area contributed by atoms with Crippen molar-refractivity contribution in [3.8, 4) is 0 Å². The van der Waals surface area contributed by atoms with E-state index >= 15 is 0 Å². The number of rotatable bonds is 7. The molecule has 1 aliphatic carbocycles. The van der Waals surface area contributed by atoms with E-state index in [1.807, 2.05) is 30.3 Å². The van der Waals surface area contributed by atoms with E-state index in [4.69, 9.17) is 0 Å². The number of nitrogens with zero attached hydrogens (tertiary/aromatic N) is 1. The Balaban J connectivity index is 1.93. The van der Waals surface area contributed by atoms with Gasteiger partial charge in [-0.1, -0.05) is 29.8 Å². The van der Waals surface area contributed by atoms with Gasteiger partial charge in [0.15, 0.2) is 0 Å². The van der Waals surface area contributed by atoms with Gasteiger partial charge in [-0.2, -0.15) is 0 Å². The van der Waals surface area contributed by atoms with Crippen LogP contribution in [0.25, 0.3) is 0 Å². The van der Waals surface area contributed by atoms with Gasteiger partial charge in [0.25, 0.3) is 0 Å². The van der Waals surface area contributed by atoms with Crippen LogP contribution in [0.1, 0.15) is 38.5 Å². The number of carbonyl (C=O) groups excluding carboxylic acids is 2. The first-order valence-corrected chi connectivity index (χ1v) is 8.54. The van der Waals surface area contributed by atoms with E-state index in [0.29, 0.717) is 13.1 Å². The van der Waals surface area contributed by atoms with Crippen LogP contribution in [-0.4, -0.2) is 37.1 Å². The monoisotopic (exact) mass is 330 g/mol. The van der Waals surface area contributed by atoms with Gasteiger partial charge < -0.3 is 15.0 Å². The summed E-state index contributed by atoms with van der Waals surface area (Å²) in [5.41, 5.74) is 2.17. The van der Waals surface area contributed by atoms with Crippen LogP contribution in [0.3, 0.4) is 0 Å². The molecular formula is C19H26N2O3. The van der Waals surface area contributed by atoms with Gasteiger partial charge in [-0.05, 0) is 44.2 Å². The number of amides is 2. The molecule has 0 saturated heterocycles. The van der Waals surface area contributed by atoms with E-state index < -0.39 is 0 Å². The Bertz CT molecular complexity index is 569. The molecule has 5 nitrogen and oxygen atoms in total. The van der Waals surface area contributed by atoms with E-state index in [9.17, 15) is 9.59 Å². The number of carbonyl (C=O) groups is 2. The minimum Gasteiger partial charge on any atom is -0.469 e. The highest BCUT2D eigenvalue weighted by atomic mass is 16.5. The average Bonchev–Trinajstić information content (AvgIpc) is 2.63. The number of hydrogen-bond donors (Lipinski definition) is 1. The average molecular weight is 330 g/mol. The second-order valence-electron chi connectivity index (χ2n) is 5.97. The lowest BCUT2D eigenvalue weighted by atomic mass is 9.97. The van der Waals surface area contributed by atoms with Crippen molar-refractivity contribution in [2.75, 3.05) is 25.5 Å². The molecule has 2 amide bonds. The Morgan fingerprint density at radius 2 is 1.96 bits per heavy atom. The maximum atomic E-state index is 12.5. The number of methoxy groups -OCH3 is 1. The topological polar surface area (TPSA) is 58.6 Å². The molecule has 0 radical (unpaired) electrons. The van der Waals surface area contributed by atoms with Crippen LogP contribution in [0.4, 0.5) is 10.5 Å². The standard InChI is InChI=1S/C19H26N2O3/c1-24-18(22)13-15-21(14-12-16-8-4-2-5-9-16)19(23)20-17-10-6-3-7-11-17/h3,6-8,10-11H,2,4-5,9,12-15H2,1H3,(H,20,23). The molecular weight excluding hydrogens is 304 g/mol. The van der Waals surface area contributed by atoms with Gasteiger partial charge >= 0.3 is 12.0 Å². The fraction of sp³-hybridized carbons (Fsp3) is 0.474. The number of anilines is 1. The van der Waals surface area contributed by atoms with Crippen molar-refractivity contribution in [2.24, 2.45) is 0 Å². The van der Waals surface area contributed by atoms with Gasteiger partial charge in [-0.15, -0.1) is 0 Å².